The first kappa shape index (κ1) is 18.6. The largest absolute Gasteiger partial charge is 0.506 e. The van der Waals surface area contributed by atoms with Crippen LogP contribution in [0.2, 0.25) is 0 Å². The molecule has 3 N–H and O–H groups in total. The molecule has 3 aromatic carbocycles. The molecule has 1 aliphatic heterocycles. The van der Waals surface area contributed by atoms with Gasteiger partial charge in [0.15, 0.2) is 11.5 Å². The summed E-state index contributed by atoms with van der Waals surface area (Å²) >= 11 is 0. The van der Waals surface area contributed by atoms with Gasteiger partial charge in [0.1, 0.15) is 5.75 Å². The molecule has 1 amide bonds. The first-order valence-electron chi connectivity index (χ1n) is 8.54. The molecule has 1 heterocycles. The lowest BCUT2D eigenvalue weighted by atomic mass is 10.2. The number of para-hydroxylation sites is 2. The molecule has 0 spiro atoms. The van der Waals surface area contributed by atoms with Crippen LogP contribution in [0.1, 0.15) is 10.4 Å². The second-order valence-electron chi connectivity index (χ2n) is 6.17. The Morgan fingerprint density at radius 3 is 2.55 bits per heavy atom. The summed E-state index contributed by atoms with van der Waals surface area (Å²) in [5.74, 6) is 0.345. The van der Waals surface area contributed by atoms with E-state index < -0.39 is 15.9 Å². The van der Waals surface area contributed by atoms with Gasteiger partial charge in [-0.25, -0.2) is 8.42 Å². The number of anilines is 2. The van der Waals surface area contributed by atoms with Crippen LogP contribution < -0.4 is 19.5 Å². The highest BCUT2D eigenvalue weighted by molar-refractivity contribution is 7.92. The van der Waals surface area contributed by atoms with Crippen molar-refractivity contribution < 1.29 is 27.8 Å². The van der Waals surface area contributed by atoms with Crippen LogP contribution in [0.15, 0.2) is 71.6 Å². The normalized spacial score (nSPS) is 12.4. The standard InChI is InChI=1S/C20H16N2O6S/c23-17-7-2-1-6-16(17)21-20(24)13-4-3-5-15(10-13)29(25,26)22-14-8-9-18-19(11-14)28-12-27-18/h1-11,22-23H,12H2,(H,21,24). The number of carbonyl (C=O) groups excluding carboxylic acids is 1. The van der Waals surface area contributed by atoms with Crippen molar-refractivity contribution in [2.24, 2.45) is 0 Å². The molecule has 0 aromatic heterocycles. The first-order valence-corrected chi connectivity index (χ1v) is 10.0. The Hall–Kier alpha value is -3.72. The first-order chi connectivity index (χ1) is 13.9. The summed E-state index contributed by atoms with van der Waals surface area (Å²) in [6, 6.07) is 16.5. The number of nitrogens with one attached hydrogen (secondary N) is 2. The van der Waals surface area contributed by atoms with Gasteiger partial charge in [-0.3, -0.25) is 9.52 Å². The minimum atomic E-state index is -3.94. The quantitative estimate of drug-likeness (QED) is 0.555. The molecule has 0 atom stereocenters. The van der Waals surface area contributed by atoms with Crippen molar-refractivity contribution in [2.75, 3.05) is 16.8 Å². The van der Waals surface area contributed by atoms with Gasteiger partial charge in [0.2, 0.25) is 6.79 Å². The van der Waals surface area contributed by atoms with Gasteiger partial charge in [-0.15, -0.1) is 0 Å². The highest BCUT2D eigenvalue weighted by Crippen LogP contribution is 2.34. The Kier molecular flexibility index (Phi) is 4.73. The number of hydrogen-bond acceptors (Lipinski definition) is 6. The van der Waals surface area contributed by atoms with E-state index in [-0.39, 0.29) is 28.7 Å². The zero-order valence-corrected chi connectivity index (χ0v) is 15.8. The summed E-state index contributed by atoms with van der Waals surface area (Å²) < 4.78 is 38.4. The Labute approximate surface area is 166 Å². The van der Waals surface area contributed by atoms with Gasteiger partial charge in [0.05, 0.1) is 16.3 Å². The Morgan fingerprint density at radius 1 is 0.931 bits per heavy atom. The molecular formula is C20H16N2O6S. The second-order valence-corrected chi connectivity index (χ2v) is 7.86. The number of aromatic hydroxyl groups is 1. The maximum Gasteiger partial charge on any atom is 0.261 e. The summed E-state index contributed by atoms with van der Waals surface area (Å²) in [6.45, 7) is 0.0830. The smallest absolute Gasteiger partial charge is 0.261 e. The third-order valence-electron chi connectivity index (χ3n) is 4.18. The maximum atomic E-state index is 12.7. The topological polar surface area (TPSA) is 114 Å². The number of phenols is 1. The van der Waals surface area contributed by atoms with E-state index in [9.17, 15) is 18.3 Å². The van der Waals surface area contributed by atoms with E-state index in [2.05, 4.69) is 10.0 Å². The van der Waals surface area contributed by atoms with E-state index in [4.69, 9.17) is 9.47 Å². The SMILES string of the molecule is O=C(Nc1ccccc1O)c1cccc(S(=O)(=O)Nc2ccc3c(c2)OCO3)c1. The number of carbonyl (C=O) groups is 1. The summed E-state index contributed by atoms with van der Waals surface area (Å²) in [4.78, 5) is 12.4. The third kappa shape index (κ3) is 3.94. The van der Waals surface area contributed by atoms with Crippen LogP contribution in [0.25, 0.3) is 0 Å². The minimum absolute atomic E-state index is 0.0830. The molecule has 148 valence electrons. The minimum Gasteiger partial charge on any atom is -0.506 e. The number of fused-ring (bicyclic) bond motifs is 1. The highest BCUT2D eigenvalue weighted by Gasteiger charge is 2.19. The van der Waals surface area contributed by atoms with Gasteiger partial charge in [-0.1, -0.05) is 18.2 Å². The highest BCUT2D eigenvalue weighted by atomic mass is 32.2. The van der Waals surface area contributed by atoms with Crippen LogP contribution in [0.4, 0.5) is 11.4 Å². The van der Waals surface area contributed by atoms with Gasteiger partial charge in [0, 0.05) is 11.6 Å². The van der Waals surface area contributed by atoms with Crippen LogP contribution >= 0.6 is 0 Å². The molecule has 8 nitrogen and oxygen atoms in total. The average molecular weight is 412 g/mol. The predicted octanol–water partition coefficient (Wildman–Crippen LogP) is 3.17. The predicted molar refractivity (Wildman–Crippen MR) is 106 cm³/mol. The summed E-state index contributed by atoms with van der Waals surface area (Å²) in [5.41, 5.74) is 0.657. The number of phenolic OH excluding ortho intramolecular Hbond substituents is 1. The van der Waals surface area contributed by atoms with E-state index >= 15 is 0 Å². The van der Waals surface area contributed by atoms with Gasteiger partial charge in [0.25, 0.3) is 15.9 Å². The van der Waals surface area contributed by atoms with Crippen LogP contribution in [0.3, 0.4) is 0 Å². The molecule has 0 saturated heterocycles. The Bertz CT molecular complexity index is 1190. The lowest BCUT2D eigenvalue weighted by Crippen LogP contribution is -2.16. The van der Waals surface area contributed by atoms with Crippen molar-refractivity contribution in [3.05, 3.63) is 72.3 Å². The second kappa shape index (κ2) is 7.36. The number of sulfonamides is 1. The summed E-state index contributed by atoms with van der Waals surface area (Å²) in [7, 11) is -3.94. The van der Waals surface area contributed by atoms with Crippen LogP contribution in [-0.4, -0.2) is 26.2 Å². The van der Waals surface area contributed by atoms with Crippen molar-refractivity contribution >= 4 is 27.3 Å². The van der Waals surface area contributed by atoms with Crippen molar-refractivity contribution in [2.45, 2.75) is 4.90 Å². The van der Waals surface area contributed by atoms with E-state index in [1.807, 2.05) is 0 Å². The van der Waals surface area contributed by atoms with Crippen LogP contribution in [-0.2, 0) is 10.0 Å². The van der Waals surface area contributed by atoms with Gasteiger partial charge >= 0.3 is 0 Å². The maximum absolute atomic E-state index is 12.7. The third-order valence-corrected chi connectivity index (χ3v) is 5.56. The number of amides is 1. The molecule has 9 heteroatoms. The molecule has 4 rings (SSSR count). The van der Waals surface area contributed by atoms with Gasteiger partial charge in [-0.05, 0) is 42.5 Å². The fourth-order valence-electron chi connectivity index (χ4n) is 2.75. The molecule has 0 unspecified atom stereocenters. The average Bonchev–Trinajstić information content (AvgIpc) is 3.17. The molecule has 1 aliphatic rings. The fraction of sp³-hybridized carbons (Fsp3) is 0.0500. The van der Waals surface area contributed by atoms with E-state index in [1.54, 1.807) is 24.3 Å². The summed E-state index contributed by atoms with van der Waals surface area (Å²) in [5, 5.41) is 12.3. The number of rotatable bonds is 5. The Morgan fingerprint density at radius 2 is 1.72 bits per heavy atom. The van der Waals surface area contributed by atoms with Crippen molar-refractivity contribution in [1.82, 2.24) is 0 Å². The fourth-order valence-corrected chi connectivity index (χ4v) is 3.85. The molecule has 0 fully saturated rings. The lowest BCUT2D eigenvalue weighted by molar-refractivity contribution is 0.102. The summed E-state index contributed by atoms with van der Waals surface area (Å²) in [6.07, 6.45) is 0. The number of benzene rings is 3. The molecular weight excluding hydrogens is 396 g/mol. The van der Waals surface area contributed by atoms with E-state index in [1.165, 1.54) is 42.5 Å². The van der Waals surface area contributed by atoms with Crippen molar-refractivity contribution in [3.63, 3.8) is 0 Å². The Balaban J connectivity index is 1.55. The zero-order chi connectivity index (χ0) is 20.4. The zero-order valence-electron chi connectivity index (χ0n) is 15.0. The molecule has 0 aliphatic carbocycles. The van der Waals surface area contributed by atoms with Gasteiger partial charge in [-0.2, -0.15) is 0 Å². The monoisotopic (exact) mass is 412 g/mol. The molecule has 0 radical (unpaired) electrons. The number of ether oxygens (including phenoxy) is 2. The molecule has 3 aromatic rings. The number of hydrogen-bond donors (Lipinski definition) is 3. The molecule has 29 heavy (non-hydrogen) atoms. The molecule has 0 bridgehead atoms. The lowest BCUT2D eigenvalue weighted by Gasteiger charge is -2.11. The van der Waals surface area contributed by atoms with Crippen LogP contribution in [0.5, 0.6) is 17.2 Å². The van der Waals surface area contributed by atoms with Crippen molar-refractivity contribution in [3.8, 4) is 17.2 Å². The van der Waals surface area contributed by atoms with Gasteiger partial charge < -0.3 is 19.9 Å². The van der Waals surface area contributed by atoms with E-state index in [0.29, 0.717) is 17.2 Å². The van der Waals surface area contributed by atoms with Crippen molar-refractivity contribution in [1.29, 1.82) is 0 Å². The van der Waals surface area contributed by atoms with E-state index in [0.717, 1.165) is 0 Å². The molecule has 0 saturated carbocycles. The van der Waals surface area contributed by atoms with Crippen LogP contribution in [0, 0.1) is 0 Å².